The van der Waals surface area contributed by atoms with Crippen LogP contribution in [0.5, 0.6) is 11.5 Å². The van der Waals surface area contributed by atoms with Crippen molar-refractivity contribution >= 4 is 11.6 Å². The van der Waals surface area contributed by atoms with Crippen LogP contribution >= 0.6 is 0 Å². The molecule has 0 aromatic heterocycles. The van der Waals surface area contributed by atoms with Crippen molar-refractivity contribution in [2.24, 2.45) is 0 Å². The van der Waals surface area contributed by atoms with Crippen LogP contribution in [0, 0.1) is 6.92 Å². The number of fused-ring (bicyclic) bond motifs is 1. The van der Waals surface area contributed by atoms with Crippen LogP contribution in [0.15, 0.2) is 48.5 Å². The quantitative estimate of drug-likeness (QED) is 0.921. The average Bonchev–Trinajstić information content (AvgIpc) is 2.68. The summed E-state index contributed by atoms with van der Waals surface area (Å²) in [6.07, 6.45) is 1.32. The van der Waals surface area contributed by atoms with Gasteiger partial charge in [-0.3, -0.25) is 4.79 Å². The number of carbonyl (C=O) groups is 1. The van der Waals surface area contributed by atoms with E-state index in [-0.39, 0.29) is 12.5 Å². The van der Waals surface area contributed by atoms with E-state index in [0.717, 1.165) is 31.6 Å². The predicted molar refractivity (Wildman–Crippen MR) is 101 cm³/mol. The Morgan fingerprint density at radius 2 is 1.85 bits per heavy atom. The molecule has 1 unspecified atom stereocenters. The number of nitrogens with zero attached hydrogens (tertiary/aromatic N) is 1. The normalized spacial score (nSPS) is 19.9. The monoisotopic (exact) mass is 352 g/mol. The lowest BCUT2D eigenvalue weighted by Crippen LogP contribution is -2.50. The summed E-state index contributed by atoms with van der Waals surface area (Å²) in [4.78, 5) is 14.7. The number of carbonyl (C=O) groups excluding carboxylic acids is 1. The maximum atomic E-state index is 12.8. The Morgan fingerprint density at radius 3 is 2.62 bits per heavy atom. The summed E-state index contributed by atoms with van der Waals surface area (Å²) < 4.78 is 11.5. The van der Waals surface area contributed by atoms with Crippen molar-refractivity contribution in [2.45, 2.75) is 31.9 Å². The first-order valence-corrected chi connectivity index (χ1v) is 9.19. The largest absolute Gasteiger partial charge is 0.485 e. The topological polar surface area (TPSA) is 50.8 Å². The molecule has 26 heavy (non-hydrogen) atoms. The minimum absolute atomic E-state index is 0.0218. The van der Waals surface area contributed by atoms with Crippen LogP contribution in [0.3, 0.4) is 0 Å². The van der Waals surface area contributed by atoms with E-state index in [1.165, 1.54) is 5.56 Å². The van der Waals surface area contributed by atoms with E-state index in [9.17, 15) is 4.79 Å². The number of para-hydroxylation sites is 2. The fraction of sp³-hybridized carbons (Fsp3) is 0.381. The summed E-state index contributed by atoms with van der Waals surface area (Å²) in [6, 6.07) is 16.3. The van der Waals surface area contributed by atoms with Gasteiger partial charge in [0.2, 0.25) is 6.10 Å². The zero-order chi connectivity index (χ0) is 17.9. The van der Waals surface area contributed by atoms with Crippen LogP contribution in [0.2, 0.25) is 0 Å². The molecular formula is C21H24N2O3. The standard InChI is InChI=1S/C21H24N2O3/c1-15-5-4-6-17(13-15)22-16-9-11-23(12-10-16)21(24)20-14-25-18-7-2-3-8-19(18)26-20/h2-8,13,16,20,22H,9-12,14H2,1H3. The third-order valence-corrected chi connectivity index (χ3v) is 4.98. The number of rotatable bonds is 3. The highest BCUT2D eigenvalue weighted by Gasteiger charge is 2.33. The van der Waals surface area contributed by atoms with E-state index in [4.69, 9.17) is 9.47 Å². The van der Waals surface area contributed by atoms with Gasteiger partial charge >= 0.3 is 0 Å². The fourth-order valence-electron chi connectivity index (χ4n) is 3.56. The second kappa shape index (κ2) is 7.28. The van der Waals surface area contributed by atoms with Gasteiger partial charge < -0.3 is 19.7 Å². The Hall–Kier alpha value is -2.69. The SMILES string of the molecule is Cc1cccc(NC2CCN(C(=O)C3COc4ccccc4O3)CC2)c1. The molecule has 1 atom stereocenters. The van der Waals surface area contributed by atoms with Gasteiger partial charge in [-0.05, 0) is 49.6 Å². The Morgan fingerprint density at radius 1 is 1.08 bits per heavy atom. The van der Waals surface area contributed by atoms with Crippen LogP contribution in [-0.2, 0) is 4.79 Å². The molecule has 0 radical (unpaired) electrons. The summed E-state index contributed by atoms with van der Waals surface area (Å²) in [5, 5.41) is 3.58. The third kappa shape index (κ3) is 3.62. The molecule has 0 aliphatic carbocycles. The number of piperidine rings is 1. The van der Waals surface area contributed by atoms with Gasteiger partial charge in [0, 0.05) is 24.8 Å². The number of aryl methyl sites for hydroxylation is 1. The van der Waals surface area contributed by atoms with E-state index in [2.05, 4.69) is 36.5 Å². The Balaban J connectivity index is 1.31. The number of benzene rings is 2. The first-order chi connectivity index (χ1) is 12.7. The molecule has 2 aromatic carbocycles. The van der Waals surface area contributed by atoms with Crippen molar-refractivity contribution < 1.29 is 14.3 Å². The van der Waals surface area contributed by atoms with Gasteiger partial charge in [0.1, 0.15) is 6.61 Å². The minimum Gasteiger partial charge on any atom is -0.485 e. The molecular weight excluding hydrogens is 328 g/mol. The van der Waals surface area contributed by atoms with E-state index in [1.54, 1.807) is 0 Å². The van der Waals surface area contributed by atoms with E-state index < -0.39 is 6.10 Å². The molecule has 4 rings (SSSR count). The van der Waals surface area contributed by atoms with Crippen LogP contribution in [0.1, 0.15) is 18.4 Å². The summed E-state index contributed by atoms with van der Waals surface area (Å²) in [6.45, 7) is 3.85. The predicted octanol–water partition coefficient (Wildman–Crippen LogP) is 3.24. The fourth-order valence-corrected chi connectivity index (χ4v) is 3.56. The third-order valence-electron chi connectivity index (χ3n) is 4.98. The smallest absolute Gasteiger partial charge is 0.267 e. The molecule has 1 N–H and O–H groups in total. The van der Waals surface area contributed by atoms with Crippen molar-refractivity contribution in [3.05, 3.63) is 54.1 Å². The molecule has 2 aromatic rings. The number of hydrogen-bond donors (Lipinski definition) is 1. The maximum absolute atomic E-state index is 12.8. The van der Waals surface area contributed by atoms with E-state index >= 15 is 0 Å². The van der Waals surface area contributed by atoms with Gasteiger partial charge in [0.05, 0.1) is 0 Å². The zero-order valence-corrected chi connectivity index (χ0v) is 15.0. The summed E-state index contributed by atoms with van der Waals surface area (Å²) in [5.74, 6) is 1.37. The molecule has 136 valence electrons. The van der Waals surface area contributed by atoms with Crippen molar-refractivity contribution in [1.29, 1.82) is 0 Å². The van der Waals surface area contributed by atoms with Crippen LogP contribution in [0.4, 0.5) is 5.69 Å². The average molecular weight is 352 g/mol. The number of nitrogens with one attached hydrogen (secondary N) is 1. The molecule has 5 heteroatoms. The van der Waals surface area contributed by atoms with Crippen molar-refractivity contribution in [2.75, 3.05) is 25.0 Å². The van der Waals surface area contributed by atoms with Gasteiger partial charge in [-0.25, -0.2) is 0 Å². The first kappa shape index (κ1) is 16.8. The van der Waals surface area contributed by atoms with Crippen molar-refractivity contribution in [1.82, 2.24) is 4.90 Å². The molecule has 0 saturated carbocycles. The molecule has 1 amide bonds. The highest BCUT2D eigenvalue weighted by molar-refractivity contribution is 5.82. The van der Waals surface area contributed by atoms with Gasteiger partial charge in [0.25, 0.3) is 5.91 Å². The number of hydrogen-bond acceptors (Lipinski definition) is 4. The highest BCUT2D eigenvalue weighted by Crippen LogP contribution is 2.31. The molecule has 0 spiro atoms. The van der Waals surface area contributed by atoms with Gasteiger partial charge in [-0.15, -0.1) is 0 Å². The second-order valence-electron chi connectivity index (χ2n) is 6.98. The highest BCUT2D eigenvalue weighted by atomic mass is 16.6. The van der Waals surface area contributed by atoms with Crippen LogP contribution in [0.25, 0.3) is 0 Å². The van der Waals surface area contributed by atoms with E-state index in [1.807, 2.05) is 29.2 Å². The Bertz CT molecular complexity index is 784. The number of ether oxygens (including phenoxy) is 2. The zero-order valence-electron chi connectivity index (χ0n) is 15.0. The molecule has 2 aliphatic heterocycles. The summed E-state index contributed by atoms with van der Waals surface area (Å²) >= 11 is 0. The number of anilines is 1. The van der Waals surface area contributed by atoms with Gasteiger partial charge in [0.15, 0.2) is 11.5 Å². The lowest BCUT2D eigenvalue weighted by atomic mass is 10.0. The molecule has 1 saturated heterocycles. The molecule has 2 aliphatic rings. The molecule has 2 heterocycles. The summed E-state index contributed by atoms with van der Waals surface area (Å²) in [5.41, 5.74) is 2.40. The molecule has 1 fully saturated rings. The number of likely N-dealkylation sites (tertiary alicyclic amines) is 1. The Labute approximate surface area is 153 Å². The lowest BCUT2D eigenvalue weighted by Gasteiger charge is -2.36. The van der Waals surface area contributed by atoms with Crippen LogP contribution < -0.4 is 14.8 Å². The second-order valence-corrected chi connectivity index (χ2v) is 6.98. The molecule has 5 nitrogen and oxygen atoms in total. The van der Waals surface area contributed by atoms with Gasteiger partial charge in [-0.2, -0.15) is 0 Å². The molecule has 0 bridgehead atoms. The lowest BCUT2D eigenvalue weighted by molar-refractivity contribution is -0.142. The summed E-state index contributed by atoms with van der Waals surface area (Å²) in [7, 11) is 0. The van der Waals surface area contributed by atoms with E-state index in [0.29, 0.717) is 17.5 Å². The van der Waals surface area contributed by atoms with Crippen LogP contribution in [-0.4, -0.2) is 42.6 Å². The minimum atomic E-state index is -0.550. The number of amides is 1. The Kier molecular flexibility index (Phi) is 4.69. The van der Waals surface area contributed by atoms with Crippen molar-refractivity contribution in [3.63, 3.8) is 0 Å². The first-order valence-electron chi connectivity index (χ1n) is 9.19. The van der Waals surface area contributed by atoms with Crippen molar-refractivity contribution in [3.8, 4) is 11.5 Å². The van der Waals surface area contributed by atoms with Gasteiger partial charge in [-0.1, -0.05) is 24.3 Å². The maximum Gasteiger partial charge on any atom is 0.267 e.